The quantitative estimate of drug-likeness (QED) is 0.325. The van der Waals surface area contributed by atoms with E-state index in [9.17, 15) is 14.0 Å². The summed E-state index contributed by atoms with van der Waals surface area (Å²) in [4.78, 5) is 33.8. The van der Waals surface area contributed by atoms with Crippen LogP contribution in [0, 0.1) is 5.82 Å². The van der Waals surface area contributed by atoms with Gasteiger partial charge in [0.25, 0.3) is 0 Å². The van der Waals surface area contributed by atoms with Crippen molar-refractivity contribution in [3.63, 3.8) is 0 Å². The molecule has 1 amide bonds. The lowest BCUT2D eigenvalue weighted by atomic mass is 10.1. The van der Waals surface area contributed by atoms with Crippen LogP contribution in [-0.2, 0) is 9.47 Å². The lowest BCUT2D eigenvalue weighted by molar-refractivity contribution is 0.0240. The van der Waals surface area contributed by atoms with Crippen LogP contribution in [0.1, 0.15) is 45.0 Å². The monoisotopic (exact) mass is 572 g/mol. The number of hydrogen-bond donors (Lipinski definition) is 1. The molecule has 0 unspecified atom stereocenters. The van der Waals surface area contributed by atoms with Crippen molar-refractivity contribution < 1.29 is 28.2 Å². The first-order valence-electron chi connectivity index (χ1n) is 13.2. The minimum Gasteiger partial charge on any atom is -0.492 e. The molecular formula is C29H34ClFN4O5. The van der Waals surface area contributed by atoms with Crippen molar-refractivity contribution in [3.05, 3.63) is 52.9 Å². The first-order chi connectivity index (χ1) is 19.0. The third-order valence-corrected chi connectivity index (χ3v) is 6.52. The molecule has 40 heavy (non-hydrogen) atoms. The van der Waals surface area contributed by atoms with Gasteiger partial charge in [-0.2, -0.15) is 0 Å². The van der Waals surface area contributed by atoms with Gasteiger partial charge < -0.3 is 29.3 Å². The fraction of sp³-hybridized carbons (Fsp3) is 0.414. The number of esters is 1. The van der Waals surface area contributed by atoms with Gasteiger partial charge in [0.05, 0.1) is 40.8 Å². The predicted octanol–water partition coefficient (Wildman–Crippen LogP) is 6.40. The zero-order valence-corrected chi connectivity index (χ0v) is 24.1. The summed E-state index contributed by atoms with van der Waals surface area (Å²) in [5.74, 6) is -0.631. The third kappa shape index (κ3) is 6.50. The van der Waals surface area contributed by atoms with Crippen LogP contribution in [0.2, 0.25) is 5.02 Å². The number of piperazine rings is 1. The molecule has 2 heterocycles. The second-order valence-electron chi connectivity index (χ2n) is 10.2. The van der Waals surface area contributed by atoms with E-state index in [4.69, 9.17) is 25.8 Å². The fourth-order valence-electron chi connectivity index (χ4n) is 4.42. The first-order valence-corrected chi connectivity index (χ1v) is 13.6. The molecule has 1 aromatic heterocycles. The molecule has 2 aromatic carbocycles. The van der Waals surface area contributed by atoms with Gasteiger partial charge in [0.2, 0.25) is 0 Å². The Kier molecular flexibility index (Phi) is 8.88. The van der Waals surface area contributed by atoms with Crippen molar-refractivity contribution in [2.45, 2.75) is 40.2 Å². The summed E-state index contributed by atoms with van der Waals surface area (Å²) < 4.78 is 31.7. The van der Waals surface area contributed by atoms with Gasteiger partial charge in [-0.05, 0) is 52.8 Å². The van der Waals surface area contributed by atoms with Gasteiger partial charge in [0, 0.05) is 43.8 Å². The van der Waals surface area contributed by atoms with Gasteiger partial charge >= 0.3 is 12.1 Å². The van der Waals surface area contributed by atoms with E-state index in [-0.39, 0.29) is 29.0 Å². The molecule has 0 atom stereocenters. The van der Waals surface area contributed by atoms with Crippen molar-refractivity contribution in [2.24, 2.45) is 0 Å². The van der Waals surface area contributed by atoms with E-state index in [2.05, 4.69) is 15.2 Å². The van der Waals surface area contributed by atoms with E-state index in [0.717, 1.165) is 5.69 Å². The topological polar surface area (TPSA) is 93.2 Å². The molecule has 0 radical (unpaired) electrons. The van der Waals surface area contributed by atoms with Crippen molar-refractivity contribution in [1.29, 1.82) is 0 Å². The van der Waals surface area contributed by atoms with Crippen molar-refractivity contribution >= 4 is 51.6 Å². The minimum absolute atomic E-state index is 0.0526. The molecule has 0 aliphatic carbocycles. The summed E-state index contributed by atoms with van der Waals surface area (Å²) in [5, 5.41) is 3.58. The van der Waals surface area contributed by atoms with Gasteiger partial charge in [-0.25, -0.2) is 14.0 Å². The predicted molar refractivity (Wildman–Crippen MR) is 154 cm³/mol. The molecule has 1 aliphatic heterocycles. The summed E-state index contributed by atoms with van der Waals surface area (Å²) in [6.07, 6.45) is 1.05. The number of carbonyl (C=O) groups is 2. The van der Waals surface area contributed by atoms with Crippen LogP contribution in [0.4, 0.5) is 26.2 Å². The first kappa shape index (κ1) is 29.2. The molecule has 3 aromatic rings. The molecule has 0 spiro atoms. The normalized spacial score (nSPS) is 13.8. The van der Waals surface area contributed by atoms with Gasteiger partial charge in [-0.3, -0.25) is 4.98 Å². The number of nitrogens with one attached hydrogen (secondary N) is 1. The maximum atomic E-state index is 14.9. The number of rotatable bonds is 7. The lowest BCUT2D eigenvalue weighted by Crippen LogP contribution is -2.50. The molecular weight excluding hydrogens is 539 g/mol. The van der Waals surface area contributed by atoms with Gasteiger partial charge in [-0.15, -0.1) is 0 Å². The Morgan fingerprint density at radius 1 is 1.10 bits per heavy atom. The Morgan fingerprint density at radius 2 is 1.82 bits per heavy atom. The summed E-state index contributed by atoms with van der Waals surface area (Å²) in [5.41, 5.74) is 1.31. The summed E-state index contributed by atoms with van der Waals surface area (Å²) in [6.45, 7) is 11.7. The van der Waals surface area contributed by atoms with E-state index < -0.39 is 17.4 Å². The zero-order valence-electron chi connectivity index (χ0n) is 23.3. The highest BCUT2D eigenvalue weighted by Gasteiger charge is 2.28. The number of fused-ring (bicyclic) bond motifs is 1. The lowest BCUT2D eigenvalue weighted by Gasteiger charge is -2.37. The fourth-order valence-corrected chi connectivity index (χ4v) is 4.59. The molecule has 4 rings (SSSR count). The van der Waals surface area contributed by atoms with Crippen LogP contribution in [0.5, 0.6) is 5.75 Å². The van der Waals surface area contributed by atoms with Crippen LogP contribution >= 0.6 is 11.6 Å². The number of benzene rings is 2. The Balaban J connectivity index is 1.77. The third-order valence-electron chi connectivity index (χ3n) is 6.23. The van der Waals surface area contributed by atoms with Crippen LogP contribution in [0.3, 0.4) is 0 Å². The van der Waals surface area contributed by atoms with Crippen LogP contribution in [0.15, 0.2) is 36.5 Å². The van der Waals surface area contributed by atoms with Gasteiger partial charge in [0.15, 0.2) is 5.82 Å². The van der Waals surface area contributed by atoms with Crippen LogP contribution in [0.25, 0.3) is 10.9 Å². The Labute approximate surface area is 238 Å². The number of amides is 1. The Bertz CT molecular complexity index is 1400. The summed E-state index contributed by atoms with van der Waals surface area (Å²) in [6, 6.07) is 8.26. The molecule has 11 heteroatoms. The SMILES string of the molecule is CCOC(=O)c1cnc2cc(OCC)c(N3CCN(C(=O)OC(C)(C)C)CC3)cc2c1Nc1cccc(Cl)c1F. The number of carbonyl (C=O) groups excluding carboxylic acids is 2. The molecule has 1 saturated heterocycles. The average Bonchev–Trinajstić information content (AvgIpc) is 2.90. The van der Waals surface area contributed by atoms with E-state index in [1.54, 1.807) is 24.0 Å². The standard InChI is InChI=1S/C29H34ClFN4O5/c1-6-38-24-16-22-18(15-23(24)34-11-13-35(14-12-34)28(37)40-29(3,4)5)26(19(17-32-22)27(36)39-7-2)33-21-10-8-9-20(30)25(21)31/h8-10,15-17H,6-7,11-14H2,1-5H3,(H,32,33). The number of anilines is 3. The van der Waals surface area contributed by atoms with Crippen LogP contribution in [-0.4, -0.2) is 66.9 Å². The molecule has 214 valence electrons. The number of nitrogens with zero attached hydrogens (tertiary/aromatic N) is 3. The van der Waals surface area contributed by atoms with Crippen molar-refractivity contribution in [2.75, 3.05) is 49.6 Å². The van der Waals surface area contributed by atoms with Gasteiger partial charge in [0.1, 0.15) is 16.9 Å². The van der Waals surface area contributed by atoms with E-state index >= 15 is 0 Å². The number of aromatic nitrogens is 1. The minimum atomic E-state index is -0.645. The second kappa shape index (κ2) is 12.2. The highest BCUT2D eigenvalue weighted by Crippen LogP contribution is 2.39. The maximum absolute atomic E-state index is 14.9. The molecule has 1 fully saturated rings. The number of pyridine rings is 1. The molecule has 9 nitrogen and oxygen atoms in total. The number of hydrogen-bond acceptors (Lipinski definition) is 8. The molecule has 1 N–H and O–H groups in total. The van der Waals surface area contributed by atoms with Crippen molar-refractivity contribution in [1.82, 2.24) is 9.88 Å². The largest absolute Gasteiger partial charge is 0.492 e. The molecule has 0 bridgehead atoms. The highest BCUT2D eigenvalue weighted by atomic mass is 35.5. The van der Waals surface area contributed by atoms with Gasteiger partial charge in [-0.1, -0.05) is 17.7 Å². The smallest absolute Gasteiger partial charge is 0.410 e. The summed E-state index contributed by atoms with van der Waals surface area (Å²) in [7, 11) is 0. The molecule has 0 saturated carbocycles. The van der Waals surface area contributed by atoms with Crippen LogP contribution < -0.4 is 15.0 Å². The Hall–Kier alpha value is -3.79. The van der Waals surface area contributed by atoms with E-state index in [0.29, 0.717) is 55.1 Å². The van der Waals surface area contributed by atoms with E-state index in [1.807, 2.05) is 33.8 Å². The molecule has 1 aliphatic rings. The number of halogens is 2. The number of ether oxygens (including phenoxy) is 3. The average molecular weight is 573 g/mol. The summed E-state index contributed by atoms with van der Waals surface area (Å²) >= 11 is 6.02. The van der Waals surface area contributed by atoms with Crippen molar-refractivity contribution in [3.8, 4) is 5.75 Å². The highest BCUT2D eigenvalue weighted by molar-refractivity contribution is 6.31. The zero-order chi connectivity index (χ0) is 29.0. The second-order valence-corrected chi connectivity index (χ2v) is 10.6. The maximum Gasteiger partial charge on any atom is 0.410 e. The Morgan fingerprint density at radius 3 is 2.48 bits per heavy atom. The van der Waals surface area contributed by atoms with E-state index in [1.165, 1.54) is 18.3 Å².